The average Bonchev–Trinajstić information content (AvgIpc) is 2.07. The van der Waals surface area contributed by atoms with Gasteiger partial charge in [-0.2, -0.15) is 4.39 Å². The van der Waals surface area contributed by atoms with E-state index in [0.717, 1.165) is 6.07 Å². The summed E-state index contributed by atoms with van der Waals surface area (Å²) in [6.45, 7) is 3.21. The van der Waals surface area contributed by atoms with E-state index in [2.05, 4.69) is 0 Å². The quantitative estimate of drug-likeness (QED) is 0.675. The van der Waals surface area contributed by atoms with Gasteiger partial charge in [0, 0.05) is 0 Å². The first-order chi connectivity index (χ1) is 5.95. The largest absolute Gasteiger partial charge is 0.503 e. The molecule has 4 heteroatoms. The third-order valence-electron chi connectivity index (χ3n) is 1.78. The summed E-state index contributed by atoms with van der Waals surface area (Å²) in [6, 6.07) is 0.804. The third kappa shape index (κ3) is 1.61. The van der Waals surface area contributed by atoms with Crippen LogP contribution in [0.4, 0.5) is 13.2 Å². The van der Waals surface area contributed by atoms with Crippen molar-refractivity contribution >= 4 is 0 Å². The van der Waals surface area contributed by atoms with Crippen LogP contribution < -0.4 is 0 Å². The highest BCUT2D eigenvalue weighted by Crippen LogP contribution is 2.28. The SMILES string of the molecule is CC(C)c1cc(F)c(O)c(F)c1F. The molecule has 13 heavy (non-hydrogen) atoms. The predicted molar refractivity (Wildman–Crippen MR) is 42.1 cm³/mol. The van der Waals surface area contributed by atoms with Crippen molar-refractivity contribution in [3.63, 3.8) is 0 Å². The lowest BCUT2D eigenvalue weighted by atomic mass is 10.0. The summed E-state index contributed by atoms with van der Waals surface area (Å²) >= 11 is 0. The molecule has 1 rings (SSSR count). The lowest BCUT2D eigenvalue weighted by Gasteiger charge is -2.08. The standard InChI is InChI=1S/C9H9F3O/c1-4(2)5-3-6(10)9(13)8(12)7(5)11/h3-4,13H,1-2H3. The molecule has 72 valence electrons. The van der Waals surface area contributed by atoms with Crippen LogP contribution in [0.15, 0.2) is 6.07 Å². The van der Waals surface area contributed by atoms with Gasteiger partial charge in [-0.05, 0) is 17.5 Å². The van der Waals surface area contributed by atoms with Crippen LogP contribution in [0.1, 0.15) is 25.3 Å². The molecule has 0 fully saturated rings. The Labute approximate surface area is 73.8 Å². The van der Waals surface area contributed by atoms with Crippen molar-refractivity contribution in [2.24, 2.45) is 0 Å². The minimum absolute atomic E-state index is 0.0761. The summed E-state index contributed by atoms with van der Waals surface area (Å²) in [5.41, 5.74) is -0.0761. The number of hydrogen-bond acceptors (Lipinski definition) is 1. The molecule has 0 unspecified atom stereocenters. The fourth-order valence-electron chi connectivity index (χ4n) is 1.02. The lowest BCUT2D eigenvalue weighted by molar-refractivity contribution is 0.372. The van der Waals surface area contributed by atoms with E-state index in [1.807, 2.05) is 0 Å². The van der Waals surface area contributed by atoms with Gasteiger partial charge in [-0.1, -0.05) is 13.8 Å². The van der Waals surface area contributed by atoms with Crippen molar-refractivity contribution in [2.45, 2.75) is 19.8 Å². The summed E-state index contributed by atoms with van der Waals surface area (Å²) in [5, 5.41) is 8.70. The number of benzene rings is 1. The van der Waals surface area contributed by atoms with Crippen LogP contribution in [0.5, 0.6) is 5.75 Å². The Hall–Kier alpha value is -1.19. The van der Waals surface area contributed by atoms with E-state index < -0.39 is 23.2 Å². The Bertz CT molecular complexity index is 334. The Morgan fingerprint density at radius 1 is 1.15 bits per heavy atom. The topological polar surface area (TPSA) is 20.2 Å². The molecule has 0 bridgehead atoms. The second kappa shape index (κ2) is 3.28. The lowest BCUT2D eigenvalue weighted by Crippen LogP contribution is -1.99. The maximum absolute atomic E-state index is 13.0. The molecule has 1 N–H and O–H groups in total. The smallest absolute Gasteiger partial charge is 0.203 e. The summed E-state index contributed by atoms with van der Waals surface area (Å²) in [6.07, 6.45) is 0. The Balaban J connectivity index is 3.41. The highest BCUT2D eigenvalue weighted by Gasteiger charge is 2.19. The van der Waals surface area contributed by atoms with E-state index in [1.165, 1.54) is 0 Å². The molecular formula is C9H9F3O. The van der Waals surface area contributed by atoms with Crippen molar-refractivity contribution in [1.29, 1.82) is 0 Å². The van der Waals surface area contributed by atoms with E-state index in [0.29, 0.717) is 0 Å². The molecule has 0 aliphatic rings. The van der Waals surface area contributed by atoms with Gasteiger partial charge in [0.05, 0.1) is 0 Å². The van der Waals surface area contributed by atoms with Crippen LogP contribution in [0, 0.1) is 17.5 Å². The van der Waals surface area contributed by atoms with Gasteiger partial charge < -0.3 is 5.11 Å². The molecule has 0 heterocycles. The maximum atomic E-state index is 13.0. The van der Waals surface area contributed by atoms with E-state index in [9.17, 15) is 13.2 Å². The van der Waals surface area contributed by atoms with Gasteiger partial charge in [-0.3, -0.25) is 0 Å². The molecule has 0 saturated carbocycles. The molecule has 1 aromatic carbocycles. The van der Waals surface area contributed by atoms with Gasteiger partial charge in [0.25, 0.3) is 0 Å². The normalized spacial score (nSPS) is 10.9. The van der Waals surface area contributed by atoms with Crippen molar-refractivity contribution in [1.82, 2.24) is 0 Å². The molecule has 0 saturated heterocycles. The van der Waals surface area contributed by atoms with Crippen molar-refractivity contribution in [2.75, 3.05) is 0 Å². The van der Waals surface area contributed by atoms with E-state index in [4.69, 9.17) is 5.11 Å². The molecule has 0 amide bonds. The number of rotatable bonds is 1. The summed E-state index contributed by atoms with van der Waals surface area (Å²) in [7, 11) is 0. The zero-order chi connectivity index (χ0) is 10.2. The van der Waals surface area contributed by atoms with Crippen LogP contribution in [0.25, 0.3) is 0 Å². The van der Waals surface area contributed by atoms with E-state index in [-0.39, 0.29) is 11.5 Å². The molecule has 0 atom stereocenters. The molecule has 1 nitrogen and oxygen atoms in total. The van der Waals surface area contributed by atoms with Gasteiger partial charge in [-0.15, -0.1) is 0 Å². The highest BCUT2D eigenvalue weighted by atomic mass is 19.2. The Morgan fingerprint density at radius 3 is 2.15 bits per heavy atom. The second-order valence-corrected chi connectivity index (χ2v) is 3.08. The monoisotopic (exact) mass is 190 g/mol. The minimum Gasteiger partial charge on any atom is -0.503 e. The number of phenols is 1. The number of halogens is 3. The van der Waals surface area contributed by atoms with Crippen LogP contribution in [0.2, 0.25) is 0 Å². The first-order valence-corrected chi connectivity index (χ1v) is 3.81. The van der Waals surface area contributed by atoms with Gasteiger partial charge in [0.15, 0.2) is 17.4 Å². The van der Waals surface area contributed by atoms with Crippen molar-refractivity contribution < 1.29 is 18.3 Å². The zero-order valence-electron chi connectivity index (χ0n) is 7.24. The van der Waals surface area contributed by atoms with E-state index in [1.54, 1.807) is 13.8 Å². The first kappa shape index (κ1) is 9.89. The molecule has 0 aliphatic carbocycles. The zero-order valence-corrected chi connectivity index (χ0v) is 7.24. The number of aromatic hydroxyl groups is 1. The van der Waals surface area contributed by atoms with Gasteiger partial charge >= 0.3 is 0 Å². The fourth-order valence-corrected chi connectivity index (χ4v) is 1.02. The van der Waals surface area contributed by atoms with Gasteiger partial charge in [0.1, 0.15) is 0 Å². The molecule has 0 spiro atoms. The Kier molecular flexibility index (Phi) is 2.50. The molecule has 0 radical (unpaired) electrons. The van der Waals surface area contributed by atoms with Crippen LogP contribution >= 0.6 is 0 Å². The summed E-state index contributed by atoms with van der Waals surface area (Å²) < 4.78 is 38.5. The third-order valence-corrected chi connectivity index (χ3v) is 1.78. The Morgan fingerprint density at radius 2 is 1.69 bits per heavy atom. The minimum atomic E-state index is -1.52. The first-order valence-electron chi connectivity index (χ1n) is 3.81. The predicted octanol–water partition coefficient (Wildman–Crippen LogP) is 2.93. The average molecular weight is 190 g/mol. The van der Waals surface area contributed by atoms with Crippen molar-refractivity contribution in [3.8, 4) is 5.75 Å². The molecule has 1 aromatic rings. The number of phenolic OH excluding ortho intramolecular Hbond substituents is 1. The van der Waals surface area contributed by atoms with Gasteiger partial charge in [-0.25, -0.2) is 8.78 Å². The molecule has 0 aromatic heterocycles. The second-order valence-electron chi connectivity index (χ2n) is 3.08. The maximum Gasteiger partial charge on any atom is 0.203 e. The molecular weight excluding hydrogens is 181 g/mol. The molecule has 0 aliphatic heterocycles. The summed E-state index contributed by atoms with van der Waals surface area (Å²) in [5.74, 6) is -5.44. The van der Waals surface area contributed by atoms with Crippen LogP contribution in [-0.2, 0) is 0 Å². The fraction of sp³-hybridized carbons (Fsp3) is 0.333. The van der Waals surface area contributed by atoms with E-state index >= 15 is 0 Å². The van der Waals surface area contributed by atoms with Crippen LogP contribution in [0.3, 0.4) is 0 Å². The van der Waals surface area contributed by atoms with Crippen molar-refractivity contribution in [3.05, 3.63) is 29.1 Å². The summed E-state index contributed by atoms with van der Waals surface area (Å²) in [4.78, 5) is 0. The van der Waals surface area contributed by atoms with Gasteiger partial charge in [0.2, 0.25) is 5.82 Å². The number of hydrogen-bond donors (Lipinski definition) is 1. The highest BCUT2D eigenvalue weighted by molar-refractivity contribution is 5.33. The van der Waals surface area contributed by atoms with Crippen LogP contribution in [-0.4, -0.2) is 5.11 Å².